The Kier molecular flexibility index (Phi) is 4.77. The van der Waals surface area contributed by atoms with Gasteiger partial charge in [0.2, 0.25) is 5.91 Å². The molecule has 0 saturated heterocycles. The second-order valence-corrected chi connectivity index (χ2v) is 3.49. The van der Waals surface area contributed by atoms with E-state index in [-0.39, 0.29) is 5.91 Å². The average Bonchev–Trinajstić information content (AvgIpc) is 2.57. The van der Waals surface area contributed by atoms with E-state index in [0.29, 0.717) is 6.42 Å². The van der Waals surface area contributed by atoms with Gasteiger partial charge < -0.3 is 0 Å². The molecule has 0 unspecified atom stereocenters. The molecule has 1 rings (SSSR count). The van der Waals surface area contributed by atoms with Crippen molar-refractivity contribution >= 4 is 5.91 Å². The van der Waals surface area contributed by atoms with Crippen molar-refractivity contribution in [2.45, 2.75) is 20.3 Å². The van der Waals surface area contributed by atoms with Gasteiger partial charge in [0, 0.05) is 26.1 Å². The molecule has 0 aromatic rings. The van der Waals surface area contributed by atoms with Gasteiger partial charge >= 0.3 is 0 Å². The van der Waals surface area contributed by atoms with Crippen LogP contribution in [0.15, 0.2) is 41.8 Å². The average molecular weight is 218 g/mol. The van der Waals surface area contributed by atoms with E-state index >= 15 is 0 Å². The highest BCUT2D eigenvalue weighted by atomic mass is 16.2. The minimum Gasteiger partial charge on any atom is -0.273 e. The van der Waals surface area contributed by atoms with Gasteiger partial charge in [-0.2, -0.15) is 0 Å². The molecular formula is C13H18N2O. The van der Waals surface area contributed by atoms with Gasteiger partial charge in [-0.25, -0.2) is 10.0 Å². The van der Waals surface area contributed by atoms with Crippen molar-refractivity contribution in [3.63, 3.8) is 0 Å². The molecule has 3 nitrogen and oxygen atoms in total. The van der Waals surface area contributed by atoms with Crippen LogP contribution in [0.3, 0.4) is 0 Å². The third-order valence-electron chi connectivity index (χ3n) is 2.38. The SMILES string of the molecule is CCC(=O)N(C1=CC=CC=C=C1)N(C)CC. The molecule has 0 atom stereocenters. The Morgan fingerprint density at radius 3 is 2.75 bits per heavy atom. The van der Waals surface area contributed by atoms with Gasteiger partial charge in [-0.1, -0.05) is 26.0 Å². The van der Waals surface area contributed by atoms with Crippen LogP contribution in [0.2, 0.25) is 0 Å². The first-order valence-corrected chi connectivity index (χ1v) is 5.54. The summed E-state index contributed by atoms with van der Waals surface area (Å²) in [4.78, 5) is 11.9. The summed E-state index contributed by atoms with van der Waals surface area (Å²) >= 11 is 0. The summed E-state index contributed by atoms with van der Waals surface area (Å²) in [6, 6.07) is 0. The van der Waals surface area contributed by atoms with Gasteiger partial charge in [-0.05, 0) is 12.2 Å². The van der Waals surface area contributed by atoms with Crippen molar-refractivity contribution in [2.75, 3.05) is 13.6 Å². The number of allylic oxidation sites excluding steroid dienone is 4. The molecule has 0 heterocycles. The molecule has 0 aromatic carbocycles. The van der Waals surface area contributed by atoms with E-state index in [0.717, 1.165) is 12.2 Å². The first kappa shape index (κ1) is 12.5. The van der Waals surface area contributed by atoms with Gasteiger partial charge in [-0.15, -0.1) is 5.73 Å². The number of amides is 1. The summed E-state index contributed by atoms with van der Waals surface area (Å²) in [6.07, 6.45) is 9.85. The van der Waals surface area contributed by atoms with Gasteiger partial charge in [0.15, 0.2) is 0 Å². The predicted molar refractivity (Wildman–Crippen MR) is 65.3 cm³/mol. The molecule has 0 aliphatic heterocycles. The number of hydrogen-bond donors (Lipinski definition) is 0. The fraction of sp³-hybridized carbons (Fsp3) is 0.385. The van der Waals surface area contributed by atoms with Crippen LogP contribution in [-0.4, -0.2) is 29.5 Å². The summed E-state index contributed by atoms with van der Waals surface area (Å²) in [5.74, 6) is 0.0870. The third-order valence-corrected chi connectivity index (χ3v) is 2.38. The van der Waals surface area contributed by atoms with Crippen LogP contribution >= 0.6 is 0 Å². The maximum atomic E-state index is 11.9. The molecule has 0 aromatic heterocycles. The summed E-state index contributed by atoms with van der Waals surface area (Å²) in [6.45, 7) is 4.67. The molecule has 1 amide bonds. The van der Waals surface area contributed by atoms with E-state index in [4.69, 9.17) is 0 Å². The van der Waals surface area contributed by atoms with Gasteiger partial charge in [-0.3, -0.25) is 4.79 Å². The first-order chi connectivity index (χ1) is 7.70. The van der Waals surface area contributed by atoms with Crippen LogP contribution in [-0.2, 0) is 4.79 Å². The minimum absolute atomic E-state index is 0.0870. The molecular weight excluding hydrogens is 200 g/mol. The Hall–Kier alpha value is -1.57. The molecule has 0 radical (unpaired) electrons. The van der Waals surface area contributed by atoms with E-state index in [1.807, 2.05) is 56.3 Å². The molecule has 0 spiro atoms. The molecule has 86 valence electrons. The highest BCUT2D eigenvalue weighted by Gasteiger charge is 2.18. The van der Waals surface area contributed by atoms with Crippen LogP contribution < -0.4 is 0 Å². The zero-order chi connectivity index (χ0) is 12.0. The van der Waals surface area contributed by atoms with Crippen molar-refractivity contribution < 1.29 is 4.79 Å². The molecule has 0 saturated carbocycles. The van der Waals surface area contributed by atoms with Crippen molar-refractivity contribution in [1.29, 1.82) is 0 Å². The van der Waals surface area contributed by atoms with Crippen LogP contribution in [0.1, 0.15) is 20.3 Å². The van der Waals surface area contributed by atoms with E-state index in [9.17, 15) is 4.79 Å². The van der Waals surface area contributed by atoms with Crippen molar-refractivity contribution in [2.24, 2.45) is 0 Å². The second-order valence-electron chi connectivity index (χ2n) is 3.49. The monoisotopic (exact) mass is 218 g/mol. The summed E-state index contributed by atoms with van der Waals surface area (Å²) in [5, 5.41) is 3.59. The zero-order valence-corrected chi connectivity index (χ0v) is 10.1. The first-order valence-electron chi connectivity index (χ1n) is 5.54. The topological polar surface area (TPSA) is 23.6 Å². The third kappa shape index (κ3) is 2.96. The number of nitrogens with zero attached hydrogens (tertiary/aromatic N) is 2. The number of carbonyl (C=O) groups is 1. The zero-order valence-electron chi connectivity index (χ0n) is 10.1. The van der Waals surface area contributed by atoms with Crippen molar-refractivity contribution in [1.82, 2.24) is 10.0 Å². The van der Waals surface area contributed by atoms with Gasteiger partial charge in [0.1, 0.15) is 0 Å². The van der Waals surface area contributed by atoms with Crippen molar-refractivity contribution in [3.05, 3.63) is 41.8 Å². The van der Waals surface area contributed by atoms with Crippen LogP contribution in [0.5, 0.6) is 0 Å². The quantitative estimate of drug-likeness (QED) is 0.534. The summed E-state index contributed by atoms with van der Waals surface area (Å²) in [5.41, 5.74) is 3.86. The van der Waals surface area contributed by atoms with E-state index in [2.05, 4.69) is 5.73 Å². The maximum absolute atomic E-state index is 11.9. The van der Waals surface area contributed by atoms with Crippen LogP contribution in [0.4, 0.5) is 0 Å². The van der Waals surface area contributed by atoms with E-state index in [1.165, 1.54) is 0 Å². The Balaban J connectivity index is 3.01. The Labute approximate surface area is 97.0 Å². The molecule has 0 bridgehead atoms. The molecule has 3 heteroatoms. The lowest BCUT2D eigenvalue weighted by molar-refractivity contribution is -0.141. The number of rotatable bonds is 4. The Morgan fingerprint density at radius 2 is 2.12 bits per heavy atom. The summed E-state index contributed by atoms with van der Waals surface area (Å²) < 4.78 is 0. The van der Waals surface area contributed by atoms with E-state index < -0.39 is 0 Å². The smallest absolute Gasteiger partial charge is 0.241 e. The fourth-order valence-electron chi connectivity index (χ4n) is 1.40. The summed E-state index contributed by atoms with van der Waals surface area (Å²) in [7, 11) is 1.90. The van der Waals surface area contributed by atoms with Crippen molar-refractivity contribution in [3.8, 4) is 0 Å². The Morgan fingerprint density at radius 1 is 1.38 bits per heavy atom. The lowest BCUT2D eigenvalue weighted by atomic mass is 10.3. The highest BCUT2D eigenvalue weighted by molar-refractivity contribution is 5.77. The van der Waals surface area contributed by atoms with Gasteiger partial charge in [0.25, 0.3) is 0 Å². The largest absolute Gasteiger partial charge is 0.273 e. The Bertz CT molecular complexity index is 373. The number of hydrazine groups is 1. The number of hydrogen-bond acceptors (Lipinski definition) is 2. The maximum Gasteiger partial charge on any atom is 0.241 e. The molecule has 16 heavy (non-hydrogen) atoms. The molecule has 1 aliphatic rings. The standard InChI is InChI=1S/C13H18N2O/c1-4-13(16)15(14(3)5-2)12-10-8-6-7-9-11-12/h6-8,10-11H,4-5H2,1-3H3. The van der Waals surface area contributed by atoms with E-state index in [1.54, 1.807) is 5.01 Å². The van der Waals surface area contributed by atoms with Crippen LogP contribution in [0, 0.1) is 0 Å². The van der Waals surface area contributed by atoms with Crippen LogP contribution in [0.25, 0.3) is 0 Å². The molecule has 1 aliphatic carbocycles. The number of carbonyl (C=O) groups excluding carboxylic acids is 1. The second kappa shape index (κ2) is 6.11. The predicted octanol–water partition coefficient (Wildman–Crippen LogP) is 2.26. The molecule has 0 N–H and O–H groups in total. The molecule has 0 fully saturated rings. The minimum atomic E-state index is 0.0870. The lowest BCUT2D eigenvalue weighted by Crippen LogP contribution is -2.42. The van der Waals surface area contributed by atoms with Gasteiger partial charge in [0.05, 0.1) is 5.70 Å². The fourth-order valence-corrected chi connectivity index (χ4v) is 1.40. The normalized spacial score (nSPS) is 13.9. The lowest BCUT2D eigenvalue weighted by Gasteiger charge is -2.31. The highest BCUT2D eigenvalue weighted by Crippen LogP contribution is 2.12.